The zero-order chi connectivity index (χ0) is 37.8. The Labute approximate surface area is 311 Å². The molecule has 1 atom stereocenters. The summed E-state index contributed by atoms with van der Waals surface area (Å²) in [6.07, 6.45) is 4.14. The Balaban J connectivity index is 1.12. The molecule has 1 amide bonds. The number of hydrogen-bond acceptors (Lipinski definition) is 9. The van der Waals surface area contributed by atoms with Crippen LogP contribution in [0.2, 0.25) is 0 Å². The van der Waals surface area contributed by atoms with Gasteiger partial charge in [-0.25, -0.2) is 4.98 Å². The highest BCUT2D eigenvalue weighted by atomic mass is 16.5. The topological polar surface area (TPSA) is 113 Å². The molecule has 6 rings (SSSR count). The number of rotatable bonds is 10. The number of fused-ring (bicyclic) bond motifs is 1. The molecule has 0 aliphatic carbocycles. The van der Waals surface area contributed by atoms with Gasteiger partial charge in [-0.2, -0.15) is 5.26 Å². The molecular formula is C42H48N6O5. The van der Waals surface area contributed by atoms with Crippen LogP contribution in [0.4, 0.5) is 0 Å². The number of aromatic nitrogens is 2. The Bertz CT molecular complexity index is 2120. The molecule has 2 aromatic carbocycles. The van der Waals surface area contributed by atoms with Gasteiger partial charge in [-0.05, 0) is 79.3 Å². The second-order valence-corrected chi connectivity index (χ2v) is 13.8. The lowest BCUT2D eigenvalue weighted by atomic mass is 9.89. The second kappa shape index (κ2) is 16.1. The molecule has 1 fully saturated rings. The fourth-order valence-corrected chi connectivity index (χ4v) is 7.57. The monoisotopic (exact) mass is 716 g/mol. The van der Waals surface area contributed by atoms with E-state index in [1.165, 1.54) is 24.3 Å². The molecule has 11 nitrogen and oxygen atoms in total. The number of nitriles is 1. The third-order valence-corrected chi connectivity index (χ3v) is 10.8. The SMILES string of the molecule is COc1cccc(/C=C(\C#N)C(=O)N2CCc3c(CN4CCN(Cc5c(OC)cc(-c6cn(C)c(=O)c(C)c6C)cc5OC)CC4)cccc3C2C)n1. The first-order valence-corrected chi connectivity index (χ1v) is 18.0. The van der Waals surface area contributed by atoms with Crippen LogP contribution in [-0.2, 0) is 31.4 Å². The number of carbonyl (C=O) groups excluding carboxylic acids is 1. The van der Waals surface area contributed by atoms with E-state index in [1.807, 2.05) is 39.1 Å². The predicted octanol–water partition coefficient (Wildman–Crippen LogP) is 5.46. The first kappa shape index (κ1) is 37.3. The van der Waals surface area contributed by atoms with Crippen LogP contribution in [0.3, 0.4) is 0 Å². The molecule has 1 unspecified atom stereocenters. The van der Waals surface area contributed by atoms with E-state index in [-0.39, 0.29) is 23.1 Å². The summed E-state index contributed by atoms with van der Waals surface area (Å²) in [6, 6.07) is 17.7. The van der Waals surface area contributed by atoms with Gasteiger partial charge in [0, 0.05) is 76.3 Å². The summed E-state index contributed by atoms with van der Waals surface area (Å²) < 4.78 is 18.7. The lowest BCUT2D eigenvalue weighted by molar-refractivity contribution is -0.129. The smallest absolute Gasteiger partial charge is 0.265 e. The number of ether oxygens (including phenoxy) is 3. The van der Waals surface area contributed by atoms with E-state index in [1.54, 1.807) is 48.9 Å². The fourth-order valence-electron chi connectivity index (χ4n) is 7.57. The molecule has 0 saturated carbocycles. The minimum Gasteiger partial charge on any atom is -0.496 e. The minimum absolute atomic E-state index is 0.00369. The van der Waals surface area contributed by atoms with Crippen molar-refractivity contribution in [2.45, 2.75) is 46.3 Å². The number of amides is 1. The number of aryl methyl sites for hydroxylation is 1. The number of hydrogen-bond donors (Lipinski definition) is 0. The maximum atomic E-state index is 13.6. The quantitative estimate of drug-likeness (QED) is 0.156. The number of pyridine rings is 2. The normalized spacial score (nSPS) is 16.5. The van der Waals surface area contributed by atoms with Gasteiger partial charge in [0.2, 0.25) is 5.88 Å². The van der Waals surface area contributed by atoms with Crippen molar-refractivity contribution >= 4 is 12.0 Å². The van der Waals surface area contributed by atoms with Gasteiger partial charge < -0.3 is 23.7 Å². The molecule has 2 aliphatic rings. The summed E-state index contributed by atoms with van der Waals surface area (Å²) in [5.41, 5.74) is 8.87. The van der Waals surface area contributed by atoms with E-state index >= 15 is 0 Å². The highest BCUT2D eigenvalue weighted by Crippen LogP contribution is 2.38. The molecule has 0 bridgehead atoms. The minimum atomic E-state index is -0.295. The standard InChI is InChI=1S/C42H48N6O5/c1-27-28(2)41(49)45(4)25-36(27)31-21-38(51-5)37(39(22-31)52-6)26-47-18-16-46(17-19-47)24-30-10-8-12-34-29(3)48(15-14-35(30)34)42(50)32(23-43)20-33-11-9-13-40(44-33)53-7/h8-13,20-22,25,29H,14-19,24,26H2,1-7H3/b32-20+. The molecule has 53 heavy (non-hydrogen) atoms. The molecule has 1 saturated heterocycles. The zero-order valence-corrected chi connectivity index (χ0v) is 31.7. The van der Waals surface area contributed by atoms with Crippen molar-refractivity contribution in [1.29, 1.82) is 5.26 Å². The van der Waals surface area contributed by atoms with Crippen molar-refractivity contribution in [2.75, 3.05) is 54.1 Å². The summed E-state index contributed by atoms with van der Waals surface area (Å²) in [4.78, 5) is 37.2. The van der Waals surface area contributed by atoms with Gasteiger partial charge in [-0.15, -0.1) is 0 Å². The van der Waals surface area contributed by atoms with E-state index in [0.717, 1.165) is 84.0 Å². The summed E-state index contributed by atoms with van der Waals surface area (Å²) in [5, 5.41) is 9.91. The van der Waals surface area contributed by atoms with E-state index in [0.29, 0.717) is 24.7 Å². The summed E-state index contributed by atoms with van der Waals surface area (Å²) in [7, 11) is 6.69. The maximum absolute atomic E-state index is 13.6. The summed E-state index contributed by atoms with van der Waals surface area (Å²) in [5.74, 6) is 1.66. The number of nitrogens with zero attached hydrogens (tertiary/aromatic N) is 6. The van der Waals surface area contributed by atoms with Crippen molar-refractivity contribution in [1.82, 2.24) is 24.3 Å². The van der Waals surface area contributed by atoms with Gasteiger partial charge in [0.25, 0.3) is 11.5 Å². The lowest BCUT2D eigenvalue weighted by Gasteiger charge is -2.38. The first-order valence-electron chi connectivity index (χ1n) is 18.0. The van der Waals surface area contributed by atoms with Gasteiger partial charge in [0.1, 0.15) is 23.1 Å². The van der Waals surface area contributed by atoms with Crippen LogP contribution < -0.4 is 19.8 Å². The zero-order valence-electron chi connectivity index (χ0n) is 31.7. The van der Waals surface area contributed by atoms with Gasteiger partial charge in [-0.1, -0.05) is 24.3 Å². The fraction of sp³-hybridized carbons (Fsp3) is 0.381. The van der Waals surface area contributed by atoms with Crippen LogP contribution in [0.25, 0.3) is 17.2 Å². The molecule has 276 valence electrons. The molecule has 0 radical (unpaired) electrons. The third-order valence-electron chi connectivity index (χ3n) is 10.8. The third kappa shape index (κ3) is 7.70. The lowest BCUT2D eigenvalue weighted by Crippen LogP contribution is -2.45. The van der Waals surface area contributed by atoms with Gasteiger partial charge in [-0.3, -0.25) is 19.4 Å². The van der Waals surface area contributed by atoms with Crippen molar-refractivity contribution in [3.8, 4) is 34.6 Å². The number of benzene rings is 2. The van der Waals surface area contributed by atoms with Crippen LogP contribution in [-0.4, -0.2) is 84.2 Å². The molecule has 2 aliphatic heterocycles. The van der Waals surface area contributed by atoms with Gasteiger partial charge >= 0.3 is 0 Å². The molecule has 11 heteroatoms. The molecule has 0 N–H and O–H groups in total. The second-order valence-electron chi connectivity index (χ2n) is 13.8. The van der Waals surface area contributed by atoms with Crippen LogP contribution in [0.1, 0.15) is 52.0 Å². The van der Waals surface area contributed by atoms with Crippen LogP contribution in [0.5, 0.6) is 17.4 Å². The highest BCUT2D eigenvalue weighted by molar-refractivity contribution is 6.01. The van der Waals surface area contributed by atoms with E-state index < -0.39 is 0 Å². The Morgan fingerprint density at radius 1 is 0.925 bits per heavy atom. The summed E-state index contributed by atoms with van der Waals surface area (Å²) >= 11 is 0. The van der Waals surface area contributed by atoms with Gasteiger partial charge in [0.05, 0.1) is 38.6 Å². The average Bonchev–Trinajstić information content (AvgIpc) is 3.18. The van der Waals surface area contributed by atoms with Crippen molar-refractivity contribution in [2.24, 2.45) is 7.05 Å². The first-order chi connectivity index (χ1) is 25.6. The maximum Gasteiger partial charge on any atom is 0.265 e. The highest BCUT2D eigenvalue weighted by Gasteiger charge is 2.31. The molecule has 2 aromatic heterocycles. The Morgan fingerprint density at radius 2 is 1.58 bits per heavy atom. The number of piperazine rings is 1. The molecule has 4 heterocycles. The van der Waals surface area contributed by atoms with Crippen LogP contribution >= 0.6 is 0 Å². The molecular weight excluding hydrogens is 668 g/mol. The molecule has 0 spiro atoms. The van der Waals surface area contributed by atoms with E-state index in [4.69, 9.17) is 14.2 Å². The van der Waals surface area contributed by atoms with Crippen LogP contribution in [0.15, 0.2) is 65.1 Å². The van der Waals surface area contributed by atoms with Crippen molar-refractivity contribution in [3.63, 3.8) is 0 Å². The molecule has 4 aromatic rings. The van der Waals surface area contributed by atoms with Crippen LogP contribution in [0, 0.1) is 25.2 Å². The summed E-state index contributed by atoms with van der Waals surface area (Å²) in [6.45, 7) is 11.6. The number of methoxy groups -OCH3 is 3. The average molecular weight is 717 g/mol. The van der Waals surface area contributed by atoms with E-state index in [9.17, 15) is 14.9 Å². The van der Waals surface area contributed by atoms with Crippen molar-refractivity contribution in [3.05, 3.63) is 110 Å². The predicted molar refractivity (Wildman–Crippen MR) is 205 cm³/mol. The largest absolute Gasteiger partial charge is 0.496 e. The Kier molecular flexibility index (Phi) is 11.3. The Hall–Kier alpha value is -5.44. The van der Waals surface area contributed by atoms with Gasteiger partial charge in [0.15, 0.2) is 0 Å². The Morgan fingerprint density at radius 3 is 2.23 bits per heavy atom. The van der Waals surface area contributed by atoms with E-state index in [2.05, 4.69) is 39.1 Å². The van der Waals surface area contributed by atoms with Crippen molar-refractivity contribution < 1.29 is 19.0 Å². The number of carbonyl (C=O) groups is 1.